The largest absolute Gasteiger partial charge is 0.465 e. The first-order valence-corrected chi connectivity index (χ1v) is 5.62. The number of terminal acetylenes is 1. The molecule has 1 N–H and O–H groups in total. The van der Waals surface area contributed by atoms with E-state index in [4.69, 9.17) is 6.42 Å². The highest BCUT2D eigenvalue weighted by Gasteiger charge is 2.12. The highest BCUT2D eigenvalue weighted by Crippen LogP contribution is 2.11. The second-order valence-electron chi connectivity index (χ2n) is 4.00. The summed E-state index contributed by atoms with van der Waals surface area (Å²) in [4.78, 5) is 11.2. The highest BCUT2D eigenvalue weighted by molar-refractivity contribution is 5.89. The number of methoxy groups -OCH3 is 1. The molecular weight excluding hydrogens is 233 g/mol. The van der Waals surface area contributed by atoms with Gasteiger partial charge in [-0.05, 0) is 24.6 Å². The standard InChI is InChI=1S/C14H16FNO2/c1-4-5-10(2)16-9-11-6-7-12(13(15)8-11)14(17)18-3/h1,6-8,10,16H,5,9H2,2-3H3. The van der Waals surface area contributed by atoms with Crippen LogP contribution in [0.5, 0.6) is 0 Å². The van der Waals surface area contributed by atoms with Gasteiger partial charge in [0.15, 0.2) is 0 Å². The molecule has 0 aliphatic rings. The second-order valence-corrected chi connectivity index (χ2v) is 4.00. The monoisotopic (exact) mass is 249 g/mol. The number of hydrogen-bond donors (Lipinski definition) is 1. The van der Waals surface area contributed by atoms with Crippen molar-refractivity contribution in [2.45, 2.75) is 25.9 Å². The van der Waals surface area contributed by atoms with Gasteiger partial charge in [-0.3, -0.25) is 0 Å². The minimum absolute atomic E-state index is 0.0575. The number of benzene rings is 1. The molecule has 1 aromatic rings. The van der Waals surface area contributed by atoms with E-state index in [2.05, 4.69) is 16.0 Å². The van der Waals surface area contributed by atoms with Gasteiger partial charge in [-0.15, -0.1) is 12.3 Å². The molecule has 0 aromatic heterocycles. The predicted octanol–water partition coefficient (Wildman–Crippen LogP) is 2.11. The summed E-state index contributed by atoms with van der Waals surface area (Å²) in [5.41, 5.74) is 0.696. The summed E-state index contributed by atoms with van der Waals surface area (Å²) in [7, 11) is 1.22. The maximum atomic E-state index is 13.6. The zero-order valence-electron chi connectivity index (χ0n) is 10.5. The molecule has 1 aromatic carbocycles. The summed E-state index contributed by atoms with van der Waals surface area (Å²) in [6, 6.07) is 4.59. The van der Waals surface area contributed by atoms with Gasteiger partial charge >= 0.3 is 5.97 Å². The van der Waals surface area contributed by atoms with E-state index >= 15 is 0 Å². The number of rotatable bonds is 5. The van der Waals surface area contributed by atoms with Crippen LogP contribution in [0.3, 0.4) is 0 Å². The SMILES string of the molecule is C#CCC(C)NCc1ccc(C(=O)OC)c(F)c1. The normalized spacial score (nSPS) is 11.7. The van der Waals surface area contributed by atoms with Gasteiger partial charge < -0.3 is 10.1 Å². The first kappa shape index (κ1) is 14.2. The van der Waals surface area contributed by atoms with Crippen molar-refractivity contribution in [3.05, 3.63) is 35.1 Å². The molecule has 96 valence electrons. The fourth-order valence-corrected chi connectivity index (χ4v) is 1.49. The molecule has 0 aliphatic heterocycles. The quantitative estimate of drug-likeness (QED) is 0.641. The molecule has 0 amide bonds. The average Bonchev–Trinajstić information content (AvgIpc) is 2.36. The van der Waals surface area contributed by atoms with Gasteiger partial charge in [0, 0.05) is 19.0 Å². The van der Waals surface area contributed by atoms with Crippen molar-refractivity contribution in [3.63, 3.8) is 0 Å². The Hall–Kier alpha value is -1.86. The van der Waals surface area contributed by atoms with Crippen molar-refractivity contribution in [3.8, 4) is 12.3 Å². The molecule has 0 fully saturated rings. The van der Waals surface area contributed by atoms with Crippen molar-refractivity contribution in [1.29, 1.82) is 0 Å². The average molecular weight is 249 g/mol. The van der Waals surface area contributed by atoms with E-state index in [0.29, 0.717) is 13.0 Å². The molecule has 3 nitrogen and oxygen atoms in total. The summed E-state index contributed by atoms with van der Waals surface area (Å²) in [6.07, 6.45) is 5.80. The number of nitrogens with one attached hydrogen (secondary N) is 1. The lowest BCUT2D eigenvalue weighted by atomic mass is 10.1. The lowest BCUT2D eigenvalue weighted by molar-refractivity contribution is 0.0595. The van der Waals surface area contributed by atoms with E-state index in [1.807, 2.05) is 6.92 Å². The Labute approximate surface area is 106 Å². The molecule has 4 heteroatoms. The molecule has 0 saturated heterocycles. The van der Waals surface area contributed by atoms with Crippen LogP contribution in [0.25, 0.3) is 0 Å². The lowest BCUT2D eigenvalue weighted by Gasteiger charge is -2.11. The fourth-order valence-electron chi connectivity index (χ4n) is 1.49. The van der Waals surface area contributed by atoms with Crippen molar-refractivity contribution < 1.29 is 13.9 Å². The smallest absolute Gasteiger partial charge is 0.340 e. The van der Waals surface area contributed by atoms with Crippen LogP contribution in [0, 0.1) is 18.2 Å². The Balaban J connectivity index is 2.68. The van der Waals surface area contributed by atoms with Gasteiger partial charge in [-0.1, -0.05) is 6.07 Å². The van der Waals surface area contributed by atoms with Crippen molar-refractivity contribution in [2.24, 2.45) is 0 Å². The van der Waals surface area contributed by atoms with Crippen LogP contribution in [0.1, 0.15) is 29.3 Å². The van der Waals surface area contributed by atoms with E-state index in [9.17, 15) is 9.18 Å². The Kier molecular flexibility index (Phi) is 5.34. The zero-order valence-corrected chi connectivity index (χ0v) is 10.5. The van der Waals surface area contributed by atoms with Crippen LogP contribution in [-0.2, 0) is 11.3 Å². The van der Waals surface area contributed by atoms with Crippen molar-refractivity contribution >= 4 is 5.97 Å². The van der Waals surface area contributed by atoms with Crippen molar-refractivity contribution in [1.82, 2.24) is 5.32 Å². The van der Waals surface area contributed by atoms with Crippen LogP contribution < -0.4 is 5.32 Å². The number of ether oxygens (including phenoxy) is 1. The van der Waals surface area contributed by atoms with Gasteiger partial charge in [0.25, 0.3) is 0 Å². The van der Waals surface area contributed by atoms with Crippen molar-refractivity contribution in [2.75, 3.05) is 7.11 Å². The molecule has 0 radical (unpaired) electrons. The third kappa shape index (κ3) is 3.86. The number of carbonyl (C=O) groups is 1. The lowest BCUT2D eigenvalue weighted by Crippen LogP contribution is -2.25. The van der Waals surface area contributed by atoms with Crippen LogP contribution >= 0.6 is 0 Å². The third-order valence-electron chi connectivity index (χ3n) is 2.52. The Bertz CT molecular complexity index is 465. The Morgan fingerprint density at radius 2 is 2.33 bits per heavy atom. The fraction of sp³-hybridized carbons (Fsp3) is 0.357. The van der Waals surface area contributed by atoms with Gasteiger partial charge in [-0.25, -0.2) is 9.18 Å². The molecule has 18 heavy (non-hydrogen) atoms. The first-order valence-electron chi connectivity index (χ1n) is 5.62. The van der Waals surface area contributed by atoms with Gasteiger partial charge in [0.2, 0.25) is 0 Å². The number of halogens is 1. The number of esters is 1. The maximum Gasteiger partial charge on any atom is 0.340 e. The Morgan fingerprint density at radius 1 is 1.61 bits per heavy atom. The molecule has 1 unspecified atom stereocenters. The maximum absolute atomic E-state index is 13.6. The summed E-state index contributed by atoms with van der Waals surface area (Å²) in [5, 5.41) is 3.16. The highest BCUT2D eigenvalue weighted by atomic mass is 19.1. The minimum atomic E-state index is -0.673. The van der Waals surface area contributed by atoms with Gasteiger partial charge in [-0.2, -0.15) is 0 Å². The summed E-state index contributed by atoms with van der Waals surface area (Å²) >= 11 is 0. The topological polar surface area (TPSA) is 38.3 Å². The molecule has 0 spiro atoms. The van der Waals surface area contributed by atoms with E-state index in [1.54, 1.807) is 6.07 Å². The Morgan fingerprint density at radius 3 is 2.89 bits per heavy atom. The predicted molar refractivity (Wildman–Crippen MR) is 67.5 cm³/mol. The molecule has 1 rings (SSSR count). The molecule has 0 bridgehead atoms. The molecule has 0 saturated carbocycles. The summed E-state index contributed by atoms with van der Waals surface area (Å²) in [6.45, 7) is 2.46. The third-order valence-corrected chi connectivity index (χ3v) is 2.52. The summed E-state index contributed by atoms with van der Waals surface area (Å²) in [5.74, 6) is 1.30. The van der Waals surface area contributed by atoms with E-state index in [-0.39, 0.29) is 11.6 Å². The molecule has 1 atom stereocenters. The van der Waals surface area contributed by atoms with E-state index < -0.39 is 11.8 Å². The molecular formula is C14H16FNO2. The van der Waals surface area contributed by atoms with Gasteiger partial charge in [0.1, 0.15) is 5.82 Å². The van der Waals surface area contributed by atoms with E-state index in [1.165, 1.54) is 19.2 Å². The van der Waals surface area contributed by atoms with Gasteiger partial charge in [0.05, 0.1) is 12.7 Å². The second kappa shape index (κ2) is 6.77. The molecule has 0 heterocycles. The van der Waals surface area contributed by atoms with Crippen LogP contribution in [0.2, 0.25) is 0 Å². The van der Waals surface area contributed by atoms with Crippen LogP contribution in [0.4, 0.5) is 4.39 Å². The molecule has 0 aliphatic carbocycles. The zero-order chi connectivity index (χ0) is 13.5. The first-order chi connectivity index (χ1) is 8.58. The summed E-state index contributed by atoms with van der Waals surface area (Å²) < 4.78 is 18.1. The number of carbonyl (C=O) groups excluding carboxylic acids is 1. The van der Waals surface area contributed by atoms with Crippen LogP contribution in [-0.4, -0.2) is 19.1 Å². The number of hydrogen-bond acceptors (Lipinski definition) is 3. The van der Waals surface area contributed by atoms with E-state index in [0.717, 1.165) is 5.56 Å². The minimum Gasteiger partial charge on any atom is -0.465 e. The van der Waals surface area contributed by atoms with Crippen LogP contribution in [0.15, 0.2) is 18.2 Å².